The number of para-hydroxylation sites is 1. The normalized spacial score (nSPS) is 14.4. The first-order chi connectivity index (χ1) is 13.6. The summed E-state index contributed by atoms with van der Waals surface area (Å²) in [6.45, 7) is 2.46. The topological polar surface area (TPSA) is 71.0 Å². The van der Waals surface area contributed by atoms with Crippen LogP contribution in [0.1, 0.15) is 43.4 Å². The van der Waals surface area contributed by atoms with Gasteiger partial charge in [-0.15, -0.1) is 0 Å². The van der Waals surface area contributed by atoms with Gasteiger partial charge in [-0.1, -0.05) is 48.5 Å². The third-order valence-corrected chi connectivity index (χ3v) is 4.75. The number of ether oxygens (including phenoxy) is 1. The summed E-state index contributed by atoms with van der Waals surface area (Å²) < 4.78 is 5.33. The van der Waals surface area contributed by atoms with Gasteiger partial charge in [-0.05, 0) is 18.6 Å². The lowest BCUT2D eigenvalue weighted by Crippen LogP contribution is -2.29. The molecule has 1 N–H and O–H groups in total. The van der Waals surface area contributed by atoms with Crippen molar-refractivity contribution in [1.82, 2.24) is 10.3 Å². The molecule has 0 radical (unpaired) electrons. The summed E-state index contributed by atoms with van der Waals surface area (Å²) in [5.41, 5.74) is 2.84. The number of methoxy groups -OCH3 is 1. The Kier molecular flexibility index (Phi) is 6.42. The predicted octanol–water partition coefficient (Wildman–Crippen LogP) is 3.29. The van der Waals surface area contributed by atoms with Crippen LogP contribution in [0, 0.1) is 0 Å². The maximum atomic E-state index is 12.4. The maximum absolute atomic E-state index is 12.4. The third-order valence-electron chi connectivity index (χ3n) is 4.75. The zero-order valence-electron chi connectivity index (χ0n) is 16.2. The second kappa shape index (κ2) is 9.17. The number of hydrogen-bond acceptors (Lipinski definition) is 4. The van der Waals surface area contributed by atoms with Gasteiger partial charge in [0, 0.05) is 24.8 Å². The monoisotopic (exact) mass is 379 g/mol. The lowest BCUT2D eigenvalue weighted by molar-refractivity contribution is -0.133. The fourth-order valence-corrected chi connectivity index (χ4v) is 3.24. The highest BCUT2D eigenvalue weighted by atomic mass is 16.5. The van der Waals surface area contributed by atoms with Crippen LogP contribution >= 0.6 is 0 Å². The zero-order chi connectivity index (χ0) is 19.9. The Morgan fingerprint density at radius 3 is 2.57 bits per heavy atom. The average molecular weight is 379 g/mol. The number of nitrogens with zero attached hydrogens (tertiary/aromatic N) is 2. The second-order valence-corrected chi connectivity index (χ2v) is 6.71. The summed E-state index contributed by atoms with van der Waals surface area (Å²) in [5, 5.41) is 8.82. The van der Waals surface area contributed by atoms with E-state index in [1.165, 1.54) is 5.01 Å². The summed E-state index contributed by atoms with van der Waals surface area (Å²) in [7, 11) is 1.60. The van der Waals surface area contributed by atoms with Crippen LogP contribution in [0.5, 0.6) is 5.75 Å². The van der Waals surface area contributed by atoms with Crippen molar-refractivity contribution in [3.05, 3.63) is 65.7 Å². The predicted molar refractivity (Wildman–Crippen MR) is 108 cm³/mol. The highest BCUT2D eigenvalue weighted by Crippen LogP contribution is 2.24. The first kappa shape index (κ1) is 19.6. The molecule has 2 aromatic carbocycles. The Balaban J connectivity index is 1.51. The number of benzene rings is 2. The van der Waals surface area contributed by atoms with Crippen LogP contribution in [0.2, 0.25) is 0 Å². The van der Waals surface area contributed by atoms with Gasteiger partial charge in [-0.2, -0.15) is 5.10 Å². The van der Waals surface area contributed by atoms with Crippen molar-refractivity contribution in [2.45, 2.75) is 32.2 Å². The van der Waals surface area contributed by atoms with Gasteiger partial charge in [0.25, 0.3) is 0 Å². The van der Waals surface area contributed by atoms with Gasteiger partial charge in [0.05, 0.1) is 25.4 Å². The minimum absolute atomic E-state index is 0.130. The van der Waals surface area contributed by atoms with Crippen LogP contribution in [0.4, 0.5) is 0 Å². The number of hydrazone groups is 1. The van der Waals surface area contributed by atoms with Gasteiger partial charge >= 0.3 is 0 Å². The lowest BCUT2D eigenvalue weighted by atomic mass is 10.1. The van der Waals surface area contributed by atoms with Crippen molar-refractivity contribution in [3.63, 3.8) is 0 Å². The highest BCUT2D eigenvalue weighted by Gasteiger charge is 2.22. The smallest absolute Gasteiger partial charge is 0.243 e. The molecule has 0 saturated carbocycles. The average Bonchev–Trinajstić information content (AvgIpc) is 3.23. The molecule has 6 heteroatoms. The van der Waals surface area contributed by atoms with Gasteiger partial charge in [0.2, 0.25) is 11.8 Å². The largest absolute Gasteiger partial charge is 0.496 e. The van der Waals surface area contributed by atoms with Crippen LogP contribution in [-0.4, -0.2) is 36.2 Å². The molecule has 2 amide bonds. The molecule has 1 aliphatic rings. The molecule has 0 saturated heterocycles. The van der Waals surface area contributed by atoms with Crippen LogP contribution in [0.15, 0.2) is 59.7 Å². The lowest BCUT2D eigenvalue weighted by Gasteiger charge is -2.17. The Morgan fingerprint density at radius 1 is 1.11 bits per heavy atom. The molecule has 2 aromatic rings. The molecular weight excluding hydrogens is 354 g/mol. The van der Waals surface area contributed by atoms with Gasteiger partial charge in [0.15, 0.2) is 0 Å². The number of hydrogen-bond donors (Lipinski definition) is 1. The van der Waals surface area contributed by atoms with E-state index >= 15 is 0 Å². The summed E-state index contributed by atoms with van der Waals surface area (Å²) in [6, 6.07) is 17.2. The highest BCUT2D eigenvalue weighted by molar-refractivity contribution is 6.02. The molecule has 0 bridgehead atoms. The van der Waals surface area contributed by atoms with E-state index in [0.717, 1.165) is 29.0 Å². The van der Waals surface area contributed by atoms with Crippen molar-refractivity contribution in [2.75, 3.05) is 13.7 Å². The molecule has 28 heavy (non-hydrogen) atoms. The number of amides is 2. The molecule has 0 fully saturated rings. The van der Waals surface area contributed by atoms with E-state index in [9.17, 15) is 9.59 Å². The van der Waals surface area contributed by atoms with Gasteiger partial charge in [0.1, 0.15) is 5.75 Å². The Hall–Kier alpha value is -3.15. The molecule has 146 valence electrons. The molecule has 0 unspecified atom stereocenters. The molecule has 1 aliphatic heterocycles. The van der Waals surface area contributed by atoms with Crippen LogP contribution in [-0.2, 0) is 9.59 Å². The SMILES string of the molecule is COc1ccccc1[C@@H](C)NC(=O)CCC(=O)N1CCC(c2ccccc2)=N1. The molecule has 1 heterocycles. The molecule has 6 nitrogen and oxygen atoms in total. The summed E-state index contributed by atoms with van der Waals surface area (Å²) >= 11 is 0. The Morgan fingerprint density at radius 2 is 1.82 bits per heavy atom. The van der Waals surface area contributed by atoms with Gasteiger partial charge in [-0.25, -0.2) is 5.01 Å². The standard InChI is InChI=1S/C22H25N3O3/c1-16(18-10-6-7-11-20(18)28-2)23-21(26)12-13-22(27)25-15-14-19(24-25)17-8-4-3-5-9-17/h3-11,16H,12-15H2,1-2H3,(H,23,26)/t16-/m1/s1. The maximum Gasteiger partial charge on any atom is 0.243 e. The van der Waals surface area contributed by atoms with Crippen LogP contribution < -0.4 is 10.1 Å². The van der Waals surface area contributed by atoms with E-state index < -0.39 is 0 Å². The van der Waals surface area contributed by atoms with E-state index in [-0.39, 0.29) is 30.7 Å². The summed E-state index contributed by atoms with van der Waals surface area (Å²) in [6.07, 6.45) is 0.994. The molecule has 0 aromatic heterocycles. The van der Waals surface area contributed by atoms with Gasteiger partial charge in [-0.3, -0.25) is 9.59 Å². The zero-order valence-corrected chi connectivity index (χ0v) is 16.2. The fourth-order valence-electron chi connectivity index (χ4n) is 3.24. The van der Waals surface area contributed by atoms with Crippen molar-refractivity contribution in [1.29, 1.82) is 0 Å². The molecule has 0 aliphatic carbocycles. The van der Waals surface area contributed by atoms with E-state index in [1.54, 1.807) is 7.11 Å². The minimum atomic E-state index is -0.201. The number of rotatable bonds is 7. The molecule has 1 atom stereocenters. The summed E-state index contributed by atoms with van der Waals surface area (Å²) in [5.74, 6) is 0.426. The molecule has 0 spiro atoms. The second-order valence-electron chi connectivity index (χ2n) is 6.71. The first-order valence-electron chi connectivity index (χ1n) is 9.44. The number of carbonyl (C=O) groups excluding carboxylic acids is 2. The molecular formula is C22H25N3O3. The quantitative estimate of drug-likeness (QED) is 0.802. The van der Waals surface area contributed by atoms with Crippen molar-refractivity contribution in [2.24, 2.45) is 5.10 Å². The third kappa shape index (κ3) is 4.76. The van der Waals surface area contributed by atoms with Crippen LogP contribution in [0.3, 0.4) is 0 Å². The van der Waals surface area contributed by atoms with Crippen LogP contribution in [0.25, 0.3) is 0 Å². The Labute approximate surface area is 165 Å². The van der Waals surface area contributed by atoms with E-state index in [2.05, 4.69) is 10.4 Å². The van der Waals surface area contributed by atoms with Crippen molar-refractivity contribution in [3.8, 4) is 5.75 Å². The van der Waals surface area contributed by atoms with E-state index in [0.29, 0.717) is 6.54 Å². The van der Waals surface area contributed by atoms with E-state index in [4.69, 9.17) is 4.74 Å². The van der Waals surface area contributed by atoms with Gasteiger partial charge < -0.3 is 10.1 Å². The molecule has 3 rings (SSSR count). The fraction of sp³-hybridized carbons (Fsp3) is 0.318. The van der Waals surface area contributed by atoms with Crippen molar-refractivity contribution >= 4 is 17.5 Å². The Bertz CT molecular complexity index is 864. The summed E-state index contributed by atoms with van der Waals surface area (Å²) in [4.78, 5) is 24.7. The number of nitrogens with one attached hydrogen (secondary N) is 1. The van der Waals surface area contributed by atoms with E-state index in [1.807, 2.05) is 61.5 Å². The minimum Gasteiger partial charge on any atom is -0.496 e. The first-order valence-corrected chi connectivity index (χ1v) is 9.44. The van der Waals surface area contributed by atoms with Crippen molar-refractivity contribution < 1.29 is 14.3 Å². The number of carbonyl (C=O) groups is 2.